The molecule has 0 unspecified atom stereocenters. The summed E-state index contributed by atoms with van der Waals surface area (Å²) in [5.74, 6) is -4.33. The molecule has 1 aromatic rings. The lowest BCUT2D eigenvalue weighted by Crippen LogP contribution is -2.61. The third kappa shape index (κ3) is 4.12. The van der Waals surface area contributed by atoms with Crippen LogP contribution >= 0.6 is 0 Å². The fraction of sp³-hybridized carbons (Fsp3) is 0.500. The molecule has 0 radical (unpaired) electrons. The van der Waals surface area contributed by atoms with Gasteiger partial charge in [0.2, 0.25) is 16.0 Å². The highest BCUT2D eigenvalue weighted by Gasteiger charge is 2.44. The molecular formula is C16H21F2N3O4S. The van der Waals surface area contributed by atoms with E-state index in [4.69, 9.17) is 8.85 Å². The second kappa shape index (κ2) is 6.49. The molecule has 1 fully saturated rings. The number of hydrogen-bond donors (Lipinski definition) is 1. The third-order valence-corrected chi connectivity index (χ3v) is 5.14. The van der Waals surface area contributed by atoms with Crippen LogP contribution in [0, 0.1) is 11.6 Å². The molecule has 1 heterocycles. The Morgan fingerprint density at radius 3 is 2.65 bits per heavy atom. The maximum Gasteiger partial charge on any atom is 0.437 e. The molecule has 0 bridgehead atoms. The van der Waals surface area contributed by atoms with Gasteiger partial charge in [-0.15, -0.1) is 4.99 Å². The highest BCUT2D eigenvalue weighted by molar-refractivity contribution is 7.89. The fourth-order valence-electron chi connectivity index (χ4n) is 2.41. The molecule has 1 aliphatic heterocycles. The van der Waals surface area contributed by atoms with E-state index in [1.165, 1.54) is 33.8 Å². The Bertz CT molecular complexity index is 961. The normalized spacial score (nSPS) is 26.5. The number of rotatable bonds is 1. The van der Waals surface area contributed by atoms with E-state index in [0.29, 0.717) is 0 Å². The first-order valence-corrected chi connectivity index (χ1v) is 9.15. The number of ether oxygens (including phenoxy) is 1. The second-order valence-corrected chi connectivity index (χ2v) is 8.81. The molecule has 0 spiro atoms. The number of guanidine groups is 1. The number of hydrogen-bond acceptors (Lipinski definition) is 4. The number of carbonyl (C=O) groups excluding carboxylic acids is 1. The number of benzene rings is 1. The average Bonchev–Trinajstić information content (AvgIpc) is 2.44. The number of sulfonamides is 1. The van der Waals surface area contributed by atoms with Crippen LogP contribution in [0.25, 0.3) is 0 Å². The van der Waals surface area contributed by atoms with Crippen LogP contribution in [-0.4, -0.2) is 43.1 Å². The number of nitrogens with zero attached hydrogens (tertiary/aromatic N) is 2. The average molecular weight is 392 g/mol. The number of carbonyl (C=O) groups is 1. The van der Waals surface area contributed by atoms with Gasteiger partial charge in [0.15, 0.2) is 11.6 Å². The Balaban J connectivity index is 2.63. The van der Waals surface area contributed by atoms with Crippen molar-refractivity contribution >= 4 is 22.1 Å². The fourth-order valence-corrected chi connectivity index (χ4v) is 3.85. The summed E-state index contributed by atoms with van der Waals surface area (Å²) in [6.45, 7) is 2.59. The number of aliphatic imine (C=N–C) groups is 1. The summed E-state index contributed by atoms with van der Waals surface area (Å²) in [6, 6.07) is 3.18. The predicted octanol–water partition coefficient (Wildman–Crippen LogP) is 2.34. The summed E-state index contributed by atoms with van der Waals surface area (Å²) in [7, 11) is -4.62. The van der Waals surface area contributed by atoms with Crippen molar-refractivity contribution in [3.63, 3.8) is 0 Å². The monoisotopic (exact) mass is 392 g/mol. The maximum absolute atomic E-state index is 14.4. The van der Waals surface area contributed by atoms with Gasteiger partial charge in [-0.25, -0.2) is 26.3 Å². The quantitative estimate of drug-likeness (QED) is 0.793. The molecule has 1 aliphatic rings. The van der Waals surface area contributed by atoms with Crippen molar-refractivity contribution in [2.24, 2.45) is 4.99 Å². The molecule has 1 saturated heterocycles. The molecule has 2 rings (SSSR count). The number of halogens is 2. The van der Waals surface area contributed by atoms with Crippen LogP contribution in [-0.2, 0) is 20.3 Å². The predicted molar refractivity (Wildman–Crippen MR) is 92.1 cm³/mol. The van der Waals surface area contributed by atoms with E-state index >= 15 is 0 Å². The van der Waals surface area contributed by atoms with E-state index in [1.54, 1.807) is 0 Å². The zero-order chi connectivity index (χ0) is 22.4. The standard InChI is InChI=1S/C16H21F2N3O4S/c1-15(2,3)25-14(22)19-13-20-16(4,9-26(23,24)21(13)5)10-7-6-8-11(17)12(10)18/h6-8H,9H2,1-5H3,(H,19,20,22)/t16-/m0/s1/i5D3. The summed E-state index contributed by atoms with van der Waals surface area (Å²) < 4.78 is 81.1. The summed E-state index contributed by atoms with van der Waals surface area (Å²) in [5, 5.41) is 2.47. The van der Waals surface area contributed by atoms with Gasteiger partial charge in [-0.1, -0.05) is 12.1 Å². The van der Waals surface area contributed by atoms with E-state index in [9.17, 15) is 22.0 Å². The first-order chi connectivity index (χ1) is 13.0. The van der Waals surface area contributed by atoms with Gasteiger partial charge in [0.1, 0.15) is 5.60 Å². The van der Waals surface area contributed by atoms with Crippen molar-refractivity contribution in [3.8, 4) is 0 Å². The topological polar surface area (TPSA) is 88.1 Å². The van der Waals surface area contributed by atoms with Crippen LogP contribution in [0.3, 0.4) is 0 Å². The van der Waals surface area contributed by atoms with Crippen LogP contribution < -0.4 is 5.32 Å². The van der Waals surface area contributed by atoms with Gasteiger partial charge in [0.25, 0.3) is 0 Å². The lowest BCUT2D eigenvalue weighted by Gasteiger charge is -2.40. The molecule has 1 N–H and O–H groups in total. The molecule has 7 nitrogen and oxygen atoms in total. The Kier molecular flexibility index (Phi) is 3.99. The summed E-state index contributed by atoms with van der Waals surface area (Å²) >= 11 is 0. The largest absolute Gasteiger partial charge is 0.442 e. The van der Waals surface area contributed by atoms with E-state index in [-0.39, 0.29) is 9.87 Å². The maximum atomic E-state index is 14.4. The second-order valence-electron chi connectivity index (χ2n) is 6.99. The number of nitrogens with one attached hydrogen (secondary N) is 1. The third-order valence-electron chi connectivity index (χ3n) is 3.47. The van der Waals surface area contributed by atoms with Gasteiger partial charge in [-0.05, 0) is 33.8 Å². The number of amides is 1. The molecule has 1 aromatic carbocycles. The van der Waals surface area contributed by atoms with Crippen molar-refractivity contribution in [1.82, 2.24) is 9.62 Å². The summed E-state index contributed by atoms with van der Waals surface area (Å²) in [4.78, 5) is 15.5. The summed E-state index contributed by atoms with van der Waals surface area (Å²) in [5.41, 5.74) is -3.17. The van der Waals surface area contributed by atoms with Crippen molar-refractivity contribution in [1.29, 1.82) is 0 Å². The van der Waals surface area contributed by atoms with Crippen molar-refractivity contribution in [2.45, 2.75) is 38.8 Å². The molecule has 1 amide bonds. The lowest BCUT2D eigenvalue weighted by atomic mass is 9.93. The lowest BCUT2D eigenvalue weighted by molar-refractivity contribution is 0.0602. The molecule has 0 aliphatic carbocycles. The first kappa shape index (κ1) is 16.0. The molecule has 144 valence electrons. The van der Waals surface area contributed by atoms with Gasteiger partial charge in [-0.3, -0.25) is 0 Å². The highest BCUT2D eigenvalue weighted by Crippen LogP contribution is 2.30. The van der Waals surface area contributed by atoms with Gasteiger partial charge in [0.05, 0.1) is 11.3 Å². The van der Waals surface area contributed by atoms with Crippen molar-refractivity contribution in [3.05, 3.63) is 35.4 Å². The van der Waals surface area contributed by atoms with E-state index in [0.717, 1.165) is 12.1 Å². The smallest absolute Gasteiger partial charge is 0.437 e. The summed E-state index contributed by atoms with van der Waals surface area (Å²) in [6.07, 6.45) is -1.26. The molecule has 0 saturated carbocycles. The SMILES string of the molecule is [2H]C([2H])([2H])N1/C(=N/C(=O)OC(C)(C)C)N[C@](C)(c2cccc(F)c2F)CS1(=O)=O. The zero-order valence-electron chi connectivity index (χ0n) is 17.6. The minimum atomic E-state index is -4.62. The highest BCUT2D eigenvalue weighted by atomic mass is 32.2. The molecule has 10 heteroatoms. The Hall–Kier alpha value is -2.23. The van der Waals surface area contributed by atoms with Crippen LogP contribution in [0.4, 0.5) is 13.6 Å². The van der Waals surface area contributed by atoms with Gasteiger partial charge < -0.3 is 10.1 Å². The van der Waals surface area contributed by atoms with Gasteiger partial charge in [0, 0.05) is 16.7 Å². The zero-order valence-corrected chi connectivity index (χ0v) is 15.4. The van der Waals surface area contributed by atoms with Crippen LogP contribution in [0.2, 0.25) is 0 Å². The first-order valence-electron chi connectivity index (χ1n) is 9.04. The van der Waals surface area contributed by atoms with Gasteiger partial charge >= 0.3 is 6.09 Å². The Morgan fingerprint density at radius 2 is 2.08 bits per heavy atom. The molecule has 1 atom stereocenters. The van der Waals surface area contributed by atoms with E-state index in [2.05, 4.69) is 10.3 Å². The van der Waals surface area contributed by atoms with Crippen molar-refractivity contribution in [2.75, 3.05) is 12.7 Å². The Morgan fingerprint density at radius 1 is 1.42 bits per heavy atom. The van der Waals surface area contributed by atoms with Crippen LogP contribution in [0.5, 0.6) is 0 Å². The minimum absolute atomic E-state index is 0.0388. The van der Waals surface area contributed by atoms with Crippen LogP contribution in [0.1, 0.15) is 37.4 Å². The Labute approximate surface area is 155 Å². The minimum Gasteiger partial charge on any atom is -0.442 e. The van der Waals surface area contributed by atoms with Gasteiger partial charge in [-0.2, -0.15) is 0 Å². The molecule has 0 aromatic heterocycles. The molecular weight excluding hydrogens is 368 g/mol. The molecule has 26 heavy (non-hydrogen) atoms. The van der Waals surface area contributed by atoms with Crippen LogP contribution in [0.15, 0.2) is 23.2 Å². The van der Waals surface area contributed by atoms with E-state index in [1.807, 2.05) is 0 Å². The van der Waals surface area contributed by atoms with Crippen molar-refractivity contribution < 1.29 is 30.8 Å². The van der Waals surface area contributed by atoms with E-state index < -0.39 is 57.6 Å².